The maximum atomic E-state index is 12.6. The molecule has 1 aliphatic heterocycles. The molecular formula is C15H16N4O4S. The Labute approximate surface area is 141 Å². The molecule has 1 atom stereocenters. The zero-order valence-electron chi connectivity index (χ0n) is 13.2. The number of amides is 4. The summed E-state index contributed by atoms with van der Waals surface area (Å²) in [6.45, 7) is 3.36. The van der Waals surface area contributed by atoms with Crippen LogP contribution in [0.4, 0.5) is 10.6 Å². The van der Waals surface area contributed by atoms with Crippen molar-refractivity contribution in [2.75, 3.05) is 11.9 Å². The lowest BCUT2D eigenvalue weighted by molar-refractivity contribution is -0.131. The SMILES string of the molecule is Cc1cc(NC(=O)CCN2C(=O)NC(C)(c3ccsc3)C2=O)no1. The summed E-state index contributed by atoms with van der Waals surface area (Å²) in [7, 11) is 0. The molecule has 0 aromatic carbocycles. The first-order valence-electron chi connectivity index (χ1n) is 7.30. The molecule has 0 radical (unpaired) electrons. The van der Waals surface area contributed by atoms with Crippen LogP contribution >= 0.6 is 11.3 Å². The van der Waals surface area contributed by atoms with E-state index in [0.29, 0.717) is 11.6 Å². The van der Waals surface area contributed by atoms with Crippen molar-refractivity contribution in [2.45, 2.75) is 25.8 Å². The molecule has 2 aromatic heterocycles. The highest BCUT2D eigenvalue weighted by molar-refractivity contribution is 7.08. The van der Waals surface area contributed by atoms with Gasteiger partial charge in [0.25, 0.3) is 5.91 Å². The van der Waals surface area contributed by atoms with Crippen molar-refractivity contribution >= 4 is 35.0 Å². The number of urea groups is 1. The zero-order valence-corrected chi connectivity index (χ0v) is 14.0. The second-order valence-corrected chi connectivity index (χ2v) is 6.42. The number of rotatable bonds is 5. The molecule has 0 aliphatic carbocycles. The number of hydrogen-bond donors (Lipinski definition) is 2. The van der Waals surface area contributed by atoms with E-state index in [2.05, 4.69) is 15.8 Å². The Bertz CT molecular complexity index is 785. The van der Waals surface area contributed by atoms with E-state index in [1.807, 2.05) is 10.8 Å². The van der Waals surface area contributed by atoms with Gasteiger partial charge in [0.2, 0.25) is 5.91 Å². The van der Waals surface area contributed by atoms with Gasteiger partial charge in [0, 0.05) is 19.0 Å². The lowest BCUT2D eigenvalue weighted by atomic mass is 9.95. The van der Waals surface area contributed by atoms with Crippen LogP contribution in [0.25, 0.3) is 0 Å². The van der Waals surface area contributed by atoms with Crippen LogP contribution in [0.1, 0.15) is 24.7 Å². The number of aromatic nitrogens is 1. The summed E-state index contributed by atoms with van der Waals surface area (Å²) in [6, 6.07) is 2.88. The molecule has 1 aliphatic rings. The Hall–Kier alpha value is -2.68. The fourth-order valence-corrected chi connectivity index (χ4v) is 3.25. The number of nitrogens with one attached hydrogen (secondary N) is 2. The first kappa shape index (κ1) is 16.2. The molecule has 24 heavy (non-hydrogen) atoms. The van der Waals surface area contributed by atoms with E-state index in [4.69, 9.17) is 4.52 Å². The highest BCUT2D eigenvalue weighted by Gasteiger charge is 2.49. The molecule has 1 unspecified atom stereocenters. The van der Waals surface area contributed by atoms with Crippen LogP contribution in [0, 0.1) is 6.92 Å². The van der Waals surface area contributed by atoms with Gasteiger partial charge in [-0.25, -0.2) is 4.79 Å². The fourth-order valence-electron chi connectivity index (χ4n) is 2.49. The lowest BCUT2D eigenvalue weighted by Gasteiger charge is -2.20. The highest BCUT2D eigenvalue weighted by Crippen LogP contribution is 2.30. The van der Waals surface area contributed by atoms with Crippen LogP contribution in [0.2, 0.25) is 0 Å². The van der Waals surface area contributed by atoms with Crippen LogP contribution in [0.3, 0.4) is 0 Å². The van der Waals surface area contributed by atoms with Crippen molar-refractivity contribution < 1.29 is 18.9 Å². The minimum atomic E-state index is -1.09. The van der Waals surface area contributed by atoms with Crippen molar-refractivity contribution in [3.05, 3.63) is 34.2 Å². The molecule has 126 valence electrons. The van der Waals surface area contributed by atoms with Crippen LogP contribution in [0.15, 0.2) is 27.4 Å². The summed E-state index contributed by atoms with van der Waals surface area (Å²) in [4.78, 5) is 37.7. The third-order valence-corrected chi connectivity index (χ3v) is 4.51. The van der Waals surface area contributed by atoms with Crippen molar-refractivity contribution in [2.24, 2.45) is 0 Å². The summed E-state index contributed by atoms with van der Waals surface area (Å²) >= 11 is 1.45. The summed E-state index contributed by atoms with van der Waals surface area (Å²) in [5.74, 6) is 0.160. The largest absolute Gasteiger partial charge is 0.360 e. The molecule has 3 rings (SSSR count). The maximum absolute atomic E-state index is 12.6. The van der Waals surface area contributed by atoms with Gasteiger partial charge in [-0.15, -0.1) is 0 Å². The van der Waals surface area contributed by atoms with Gasteiger partial charge in [0.15, 0.2) is 5.82 Å². The number of anilines is 1. The number of carbonyl (C=O) groups excluding carboxylic acids is 3. The van der Waals surface area contributed by atoms with E-state index in [1.54, 1.807) is 26.0 Å². The van der Waals surface area contributed by atoms with Gasteiger partial charge < -0.3 is 15.2 Å². The molecule has 0 bridgehead atoms. The molecule has 3 heterocycles. The van der Waals surface area contributed by atoms with Crippen molar-refractivity contribution in [1.29, 1.82) is 0 Å². The summed E-state index contributed by atoms with van der Waals surface area (Å²) < 4.78 is 4.85. The standard InChI is InChI=1S/C15H16N4O4S/c1-9-7-11(18-23-9)16-12(20)3-5-19-13(21)15(2,17-14(19)22)10-4-6-24-8-10/h4,6-8H,3,5H2,1-2H3,(H,17,22)(H,16,18,20). The van der Waals surface area contributed by atoms with Gasteiger partial charge in [-0.3, -0.25) is 14.5 Å². The molecule has 2 aromatic rings. The molecule has 9 heteroatoms. The number of nitrogens with zero attached hydrogens (tertiary/aromatic N) is 2. The van der Waals surface area contributed by atoms with Gasteiger partial charge >= 0.3 is 6.03 Å². The first-order chi connectivity index (χ1) is 11.4. The van der Waals surface area contributed by atoms with Crippen LogP contribution in [-0.4, -0.2) is 34.4 Å². The monoisotopic (exact) mass is 348 g/mol. The van der Waals surface area contributed by atoms with E-state index in [9.17, 15) is 14.4 Å². The minimum absolute atomic E-state index is 0.00688. The third kappa shape index (κ3) is 2.90. The van der Waals surface area contributed by atoms with E-state index >= 15 is 0 Å². The Morgan fingerprint density at radius 2 is 2.29 bits per heavy atom. The van der Waals surface area contributed by atoms with Gasteiger partial charge in [0.1, 0.15) is 11.3 Å². The van der Waals surface area contributed by atoms with E-state index in [1.165, 1.54) is 11.3 Å². The molecule has 2 N–H and O–H groups in total. The third-order valence-electron chi connectivity index (χ3n) is 3.83. The molecule has 8 nitrogen and oxygen atoms in total. The highest BCUT2D eigenvalue weighted by atomic mass is 32.1. The summed E-state index contributed by atoms with van der Waals surface area (Å²) in [5.41, 5.74) is -0.354. The zero-order chi connectivity index (χ0) is 17.3. The average molecular weight is 348 g/mol. The predicted octanol–water partition coefficient (Wildman–Crippen LogP) is 1.84. The van der Waals surface area contributed by atoms with E-state index < -0.39 is 11.6 Å². The van der Waals surface area contributed by atoms with Gasteiger partial charge in [-0.2, -0.15) is 11.3 Å². The number of imide groups is 1. The lowest BCUT2D eigenvalue weighted by Crippen LogP contribution is -2.40. The molecule has 1 saturated heterocycles. The Morgan fingerprint density at radius 3 is 2.92 bits per heavy atom. The fraction of sp³-hybridized carbons (Fsp3) is 0.333. The summed E-state index contributed by atoms with van der Waals surface area (Å²) in [5, 5.41) is 12.6. The normalized spacial score (nSPS) is 20.3. The van der Waals surface area contributed by atoms with E-state index in [-0.39, 0.29) is 24.8 Å². The molecule has 4 amide bonds. The molecule has 1 fully saturated rings. The first-order valence-corrected chi connectivity index (χ1v) is 8.24. The Kier molecular flexibility index (Phi) is 4.10. The predicted molar refractivity (Wildman–Crippen MR) is 86.4 cm³/mol. The number of thiophene rings is 1. The van der Waals surface area contributed by atoms with Crippen LogP contribution in [0.5, 0.6) is 0 Å². The van der Waals surface area contributed by atoms with E-state index in [0.717, 1.165) is 10.5 Å². The van der Waals surface area contributed by atoms with Crippen molar-refractivity contribution in [3.63, 3.8) is 0 Å². The summed E-state index contributed by atoms with van der Waals surface area (Å²) in [6.07, 6.45) is -0.0230. The molecule has 0 spiro atoms. The molecular weight excluding hydrogens is 332 g/mol. The smallest absolute Gasteiger partial charge is 0.325 e. The van der Waals surface area contributed by atoms with Gasteiger partial charge in [0.05, 0.1) is 0 Å². The quantitative estimate of drug-likeness (QED) is 0.802. The van der Waals surface area contributed by atoms with Gasteiger partial charge in [-0.1, -0.05) is 5.16 Å². The second-order valence-electron chi connectivity index (χ2n) is 5.64. The van der Waals surface area contributed by atoms with Crippen LogP contribution < -0.4 is 10.6 Å². The van der Waals surface area contributed by atoms with Crippen molar-refractivity contribution in [3.8, 4) is 0 Å². The maximum Gasteiger partial charge on any atom is 0.325 e. The average Bonchev–Trinajstić information content (AvgIpc) is 3.22. The van der Waals surface area contributed by atoms with Crippen LogP contribution in [-0.2, 0) is 15.1 Å². The number of carbonyl (C=O) groups is 3. The molecule has 0 saturated carbocycles. The topological polar surface area (TPSA) is 105 Å². The Balaban J connectivity index is 1.62. The minimum Gasteiger partial charge on any atom is -0.360 e. The number of hydrogen-bond acceptors (Lipinski definition) is 6. The number of aryl methyl sites for hydroxylation is 1. The second kappa shape index (κ2) is 6.08. The Morgan fingerprint density at radius 1 is 1.50 bits per heavy atom. The van der Waals surface area contributed by atoms with Gasteiger partial charge in [-0.05, 0) is 36.2 Å². The van der Waals surface area contributed by atoms with Crippen molar-refractivity contribution in [1.82, 2.24) is 15.4 Å².